The van der Waals surface area contributed by atoms with E-state index in [1.54, 1.807) is 18.3 Å². The minimum absolute atomic E-state index is 0.0930. The zero-order valence-electron chi connectivity index (χ0n) is 22.9. The van der Waals surface area contributed by atoms with E-state index < -0.39 is 17.7 Å². The highest BCUT2D eigenvalue weighted by Gasteiger charge is 2.60. The Morgan fingerprint density at radius 1 is 0.905 bits per heavy atom. The van der Waals surface area contributed by atoms with Crippen molar-refractivity contribution in [3.05, 3.63) is 96.4 Å². The molecule has 1 spiro atoms. The summed E-state index contributed by atoms with van der Waals surface area (Å²) in [6.07, 6.45) is 2.18. The highest BCUT2D eigenvalue weighted by atomic mass is 16.7. The first-order valence-electron chi connectivity index (χ1n) is 13.6. The Hall–Kier alpha value is -5.16. The van der Waals surface area contributed by atoms with Crippen LogP contribution in [0, 0.1) is 6.92 Å². The Kier molecular flexibility index (Phi) is 7.09. The summed E-state index contributed by atoms with van der Waals surface area (Å²) in [4.78, 5) is 57.1. The Morgan fingerprint density at radius 3 is 2.31 bits per heavy atom. The number of ether oxygens (including phenoxy) is 1. The van der Waals surface area contributed by atoms with Crippen LogP contribution < -0.4 is 14.5 Å². The molecule has 2 aliphatic heterocycles. The van der Waals surface area contributed by atoms with Crippen LogP contribution in [-0.4, -0.2) is 61.7 Å². The van der Waals surface area contributed by atoms with Gasteiger partial charge in [0.25, 0.3) is 5.91 Å². The van der Waals surface area contributed by atoms with Crippen molar-refractivity contribution < 1.29 is 24.2 Å². The van der Waals surface area contributed by atoms with E-state index >= 15 is 0 Å². The van der Waals surface area contributed by atoms with Crippen molar-refractivity contribution in [1.29, 1.82) is 0 Å². The normalized spacial score (nSPS) is 16.7. The fourth-order valence-electron chi connectivity index (χ4n) is 5.61. The number of imide groups is 1. The van der Waals surface area contributed by atoms with E-state index in [2.05, 4.69) is 19.9 Å². The molecule has 0 saturated carbocycles. The molecule has 2 aromatic carbocycles. The van der Waals surface area contributed by atoms with Gasteiger partial charge in [-0.2, -0.15) is 4.98 Å². The molecule has 3 amide bonds. The third-order valence-electron chi connectivity index (χ3n) is 7.83. The summed E-state index contributed by atoms with van der Waals surface area (Å²) in [5, 5.41) is 9.09. The van der Waals surface area contributed by atoms with Gasteiger partial charge in [-0.05, 0) is 54.7 Å². The third kappa shape index (κ3) is 4.94. The SMILES string of the molecule is Cc1cccnc1CN1CCC2(CC1)C(=O)N(c1ccc(-c3ccccc3)cc1)C(=O)N2c1nccc(OC(=O)O)n1. The van der Waals surface area contributed by atoms with Crippen molar-refractivity contribution in [3.63, 3.8) is 0 Å². The molecule has 4 aromatic rings. The number of rotatable bonds is 6. The first-order valence-corrected chi connectivity index (χ1v) is 13.6. The number of hydrogen-bond donors (Lipinski definition) is 1. The molecule has 4 heterocycles. The van der Waals surface area contributed by atoms with Gasteiger partial charge >= 0.3 is 12.2 Å². The summed E-state index contributed by atoms with van der Waals surface area (Å²) < 4.78 is 4.73. The lowest BCUT2D eigenvalue weighted by atomic mass is 9.85. The van der Waals surface area contributed by atoms with Crippen LogP contribution in [0.15, 0.2) is 85.2 Å². The third-order valence-corrected chi connectivity index (χ3v) is 7.83. The zero-order valence-corrected chi connectivity index (χ0v) is 22.9. The van der Waals surface area contributed by atoms with Crippen LogP contribution in [0.1, 0.15) is 24.1 Å². The molecule has 2 aliphatic rings. The summed E-state index contributed by atoms with van der Waals surface area (Å²) in [6, 6.07) is 21.6. The maximum Gasteiger partial charge on any atom is 0.512 e. The molecular formula is C31H28N6O5. The summed E-state index contributed by atoms with van der Waals surface area (Å²) >= 11 is 0. The number of hydrogen-bond acceptors (Lipinski definition) is 8. The Morgan fingerprint density at radius 2 is 1.62 bits per heavy atom. The predicted molar refractivity (Wildman–Crippen MR) is 154 cm³/mol. The van der Waals surface area contributed by atoms with Crippen molar-refractivity contribution in [3.8, 4) is 17.0 Å². The maximum absolute atomic E-state index is 14.3. The smallest absolute Gasteiger partial charge is 0.449 e. The molecule has 2 fully saturated rings. The summed E-state index contributed by atoms with van der Waals surface area (Å²) in [5.41, 5.74) is 3.18. The Labute approximate surface area is 242 Å². The van der Waals surface area contributed by atoms with Crippen LogP contribution in [0.3, 0.4) is 0 Å². The number of amides is 3. The van der Waals surface area contributed by atoms with Gasteiger partial charge in [0.15, 0.2) is 0 Å². The van der Waals surface area contributed by atoms with Crippen LogP contribution in [0.4, 0.5) is 21.2 Å². The number of anilines is 2. The number of pyridine rings is 1. The second-order valence-corrected chi connectivity index (χ2v) is 10.3. The molecule has 42 heavy (non-hydrogen) atoms. The minimum atomic E-state index is -1.54. The lowest BCUT2D eigenvalue weighted by Gasteiger charge is -2.41. The Bertz CT molecular complexity index is 1640. The summed E-state index contributed by atoms with van der Waals surface area (Å²) in [5.74, 6) is -0.706. The fourth-order valence-corrected chi connectivity index (χ4v) is 5.61. The van der Waals surface area contributed by atoms with Crippen molar-refractivity contribution in [2.75, 3.05) is 22.9 Å². The van der Waals surface area contributed by atoms with Crippen molar-refractivity contribution in [2.24, 2.45) is 0 Å². The van der Waals surface area contributed by atoms with E-state index in [1.807, 2.05) is 61.5 Å². The molecule has 11 heteroatoms. The predicted octanol–water partition coefficient (Wildman–Crippen LogP) is 4.91. The van der Waals surface area contributed by atoms with Crippen molar-refractivity contribution in [1.82, 2.24) is 19.9 Å². The molecule has 1 N–H and O–H groups in total. The first-order chi connectivity index (χ1) is 20.4. The quantitative estimate of drug-likeness (QED) is 0.256. The number of carbonyl (C=O) groups is 3. The highest BCUT2D eigenvalue weighted by molar-refractivity contribution is 6.30. The van der Waals surface area contributed by atoms with E-state index in [1.165, 1.54) is 22.1 Å². The van der Waals surface area contributed by atoms with E-state index in [4.69, 9.17) is 9.84 Å². The van der Waals surface area contributed by atoms with E-state index in [9.17, 15) is 14.4 Å². The van der Waals surface area contributed by atoms with Gasteiger partial charge in [-0.15, -0.1) is 0 Å². The number of carbonyl (C=O) groups excluding carboxylic acids is 2. The molecule has 0 aliphatic carbocycles. The number of piperidine rings is 1. The second kappa shape index (κ2) is 11.0. The van der Waals surface area contributed by atoms with Gasteiger partial charge in [-0.1, -0.05) is 48.5 Å². The van der Waals surface area contributed by atoms with Crippen molar-refractivity contribution >= 4 is 29.7 Å². The molecule has 0 unspecified atom stereocenters. The highest BCUT2D eigenvalue weighted by Crippen LogP contribution is 2.42. The van der Waals surface area contributed by atoms with Crippen LogP contribution >= 0.6 is 0 Å². The van der Waals surface area contributed by atoms with E-state index in [-0.39, 0.29) is 17.7 Å². The molecule has 6 rings (SSSR count). The number of nitrogens with zero attached hydrogens (tertiary/aromatic N) is 6. The molecule has 11 nitrogen and oxygen atoms in total. The first kappa shape index (κ1) is 27.0. The number of likely N-dealkylation sites (tertiary alicyclic amines) is 1. The topological polar surface area (TPSA) is 129 Å². The van der Waals surface area contributed by atoms with Gasteiger partial charge in [-0.25, -0.2) is 24.4 Å². The van der Waals surface area contributed by atoms with Crippen LogP contribution in [-0.2, 0) is 11.3 Å². The van der Waals surface area contributed by atoms with Gasteiger partial charge in [0.2, 0.25) is 11.8 Å². The van der Waals surface area contributed by atoms with Crippen molar-refractivity contribution in [2.45, 2.75) is 31.8 Å². The standard InChI is InChI=1S/C31H28N6O5/c1-21-6-5-16-32-25(21)20-35-18-14-31(15-19-35)27(38)36(24-11-9-23(10-12-24)22-7-3-2-4-8-22)29(39)37(31)28-33-17-13-26(34-28)42-30(40)41/h2-13,16-17H,14-15,18-20H2,1H3,(H,40,41). The maximum atomic E-state index is 14.3. The number of carboxylic acid groups (broad SMARTS) is 1. The van der Waals surface area contributed by atoms with E-state index in [0.717, 1.165) is 22.4 Å². The lowest BCUT2D eigenvalue weighted by Crippen LogP contribution is -2.57. The largest absolute Gasteiger partial charge is 0.512 e. The van der Waals surface area contributed by atoms with Gasteiger partial charge in [-0.3, -0.25) is 14.7 Å². The average molecular weight is 565 g/mol. The van der Waals surface area contributed by atoms with Gasteiger partial charge in [0.1, 0.15) is 5.54 Å². The molecule has 212 valence electrons. The number of aryl methyl sites for hydroxylation is 1. The monoisotopic (exact) mass is 564 g/mol. The van der Waals surface area contributed by atoms with Crippen LogP contribution in [0.25, 0.3) is 11.1 Å². The van der Waals surface area contributed by atoms with Crippen LogP contribution in [0.5, 0.6) is 5.88 Å². The lowest BCUT2D eigenvalue weighted by molar-refractivity contribution is -0.123. The summed E-state index contributed by atoms with van der Waals surface area (Å²) in [7, 11) is 0. The zero-order chi connectivity index (χ0) is 29.3. The fraction of sp³-hybridized carbons (Fsp3) is 0.226. The van der Waals surface area contributed by atoms with E-state index in [0.29, 0.717) is 38.2 Å². The summed E-state index contributed by atoms with van der Waals surface area (Å²) in [6.45, 7) is 3.68. The van der Waals surface area contributed by atoms with Gasteiger partial charge in [0, 0.05) is 38.1 Å². The van der Waals surface area contributed by atoms with Gasteiger partial charge < -0.3 is 9.84 Å². The molecule has 0 bridgehead atoms. The minimum Gasteiger partial charge on any atom is -0.449 e. The molecular weight excluding hydrogens is 536 g/mol. The number of benzene rings is 2. The van der Waals surface area contributed by atoms with Crippen LogP contribution in [0.2, 0.25) is 0 Å². The molecule has 2 aromatic heterocycles. The number of urea groups is 1. The second-order valence-electron chi connectivity index (χ2n) is 10.3. The molecule has 0 atom stereocenters. The average Bonchev–Trinajstić information content (AvgIpc) is 3.21. The Balaban J connectivity index is 1.33. The molecule has 0 radical (unpaired) electrons. The number of aromatic nitrogens is 3. The van der Waals surface area contributed by atoms with Gasteiger partial charge in [0.05, 0.1) is 11.4 Å². The molecule has 2 saturated heterocycles.